The zero-order valence-electron chi connectivity index (χ0n) is 10.4. The highest BCUT2D eigenvalue weighted by Gasteiger charge is 2.26. The monoisotopic (exact) mass is 279 g/mol. The third kappa shape index (κ3) is 6.20. The number of carbonyl (C=O) groups excluding carboxylic acids is 2. The minimum Gasteiger partial charge on any atom is -0.395 e. The summed E-state index contributed by atoms with van der Waals surface area (Å²) < 4.78 is 0. The van der Waals surface area contributed by atoms with Gasteiger partial charge in [0.25, 0.3) is 0 Å². The van der Waals surface area contributed by atoms with E-state index in [2.05, 4.69) is 23.3 Å². The zero-order chi connectivity index (χ0) is 14.0. The van der Waals surface area contributed by atoms with Crippen LogP contribution in [-0.2, 0) is 9.59 Å². The first-order valence-electron chi connectivity index (χ1n) is 5.65. The van der Waals surface area contributed by atoms with Crippen LogP contribution in [0.5, 0.6) is 0 Å². The number of hydrogen-bond donors (Lipinski definition) is 5. The molecule has 106 valence electrons. The van der Waals surface area contributed by atoms with Crippen LogP contribution in [0.1, 0.15) is 0 Å². The summed E-state index contributed by atoms with van der Waals surface area (Å²) >= 11 is 3.96. The molecule has 0 aromatic heterocycles. The van der Waals surface area contributed by atoms with Gasteiger partial charge in [-0.2, -0.15) is 12.6 Å². The van der Waals surface area contributed by atoms with Gasteiger partial charge in [0.15, 0.2) is 0 Å². The Labute approximate surface area is 112 Å². The van der Waals surface area contributed by atoms with Gasteiger partial charge in [-0.1, -0.05) is 0 Å². The Morgan fingerprint density at radius 2 is 2.06 bits per heavy atom. The van der Waals surface area contributed by atoms with Gasteiger partial charge in [-0.25, -0.2) is 0 Å². The molecular weight excluding hydrogens is 258 g/mol. The lowest BCUT2D eigenvalue weighted by Crippen LogP contribution is -2.53. The normalized spacial score (nSPS) is 12.3. The van der Waals surface area contributed by atoms with Crippen LogP contribution in [0.25, 0.3) is 0 Å². The Morgan fingerprint density at radius 3 is 2.50 bits per heavy atom. The highest BCUT2D eigenvalue weighted by Crippen LogP contribution is 1.99. The van der Waals surface area contributed by atoms with E-state index in [4.69, 9.17) is 5.11 Å². The van der Waals surface area contributed by atoms with Gasteiger partial charge in [0.1, 0.15) is 6.04 Å². The molecule has 0 bridgehead atoms. The summed E-state index contributed by atoms with van der Waals surface area (Å²) in [6.45, 7) is -0.169. The molecule has 0 aliphatic rings. The molecule has 7 nitrogen and oxygen atoms in total. The summed E-state index contributed by atoms with van der Waals surface area (Å²) in [6.07, 6.45) is 0. The molecule has 0 aromatic rings. The van der Waals surface area contributed by atoms with Crippen molar-refractivity contribution in [2.45, 2.75) is 6.04 Å². The number of likely N-dealkylation sites (N-methyl/N-ethyl adjacent to an activating group) is 1. The van der Waals surface area contributed by atoms with E-state index in [-0.39, 0.29) is 31.5 Å². The highest BCUT2D eigenvalue weighted by atomic mass is 32.1. The number of aliphatic hydroxyl groups is 2. The van der Waals surface area contributed by atoms with Crippen LogP contribution < -0.4 is 10.6 Å². The lowest BCUT2D eigenvalue weighted by atomic mass is 10.2. The second-order valence-electron chi connectivity index (χ2n) is 3.58. The van der Waals surface area contributed by atoms with Crippen molar-refractivity contribution in [2.24, 2.45) is 0 Å². The standard InChI is InChI=1S/C10H21N3O4S/c1-11-9(16)6-13(3-4-14)8(7-15)10(17)12-2-5-18/h8,14-15,18H,2-7H2,1H3,(H,11,16)(H,12,17). The van der Waals surface area contributed by atoms with Crippen molar-refractivity contribution in [3.8, 4) is 0 Å². The van der Waals surface area contributed by atoms with E-state index in [9.17, 15) is 14.7 Å². The molecule has 2 amide bonds. The number of rotatable bonds is 9. The van der Waals surface area contributed by atoms with Crippen LogP contribution >= 0.6 is 12.6 Å². The van der Waals surface area contributed by atoms with E-state index in [1.165, 1.54) is 11.9 Å². The smallest absolute Gasteiger partial charge is 0.239 e. The largest absolute Gasteiger partial charge is 0.395 e. The Morgan fingerprint density at radius 1 is 1.39 bits per heavy atom. The van der Waals surface area contributed by atoms with Gasteiger partial charge in [-0.3, -0.25) is 14.5 Å². The van der Waals surface area contributed by atoms with Crippen molar-refractivity contribution in [2.75, 3.05) is 45.6 Å². The van der Waals surface area contributed by atoms with Gasteiger partial charge in [-0.05, 0) is 0 Å². The van der Waals surface area contributed by atoms with Gasteiger partial charge < -0.3 is 20.8 Å². The molecule has 0 spiro atoms. The first-order chi connectivity index (χ1) is 8.60. The second kappa shape index (κ2) is 10.1. The maximum absolute atomic E-state index is 11.8. The SMILES string of the molecule is CNC(=O)CN(CCO)C(CO)C(=O)NCCS. The molecule has 0 aromatic carbocycles. The summed E-state index contributed by atoms with van der Waals surface area (Å²) in [5, 5.41) is 23.2. The third-order valence-corrected chi connectivity index (χ3v) is 2.56. The molecular formula is C10H21N3O4S. The lowest BCUT2D eigenvalue weighted by molar-refractivity contribution is -0.130. The molecule has 0 aliphatic carbocycles. The molecule has 0 fully saturated rings. The van der Waals surface area contributed by atoms with Crippen molar-refractivity contribution in [1.29, 1.82) is 0 Å². The fourth-order valence-electron chi connectivity index (χ4n) is 1.40. The summed E-state index contributed by atoms with van der Waals surface area (Å²) in [6, 6.07) is -0.852. The summed E-state index contributed by atoms with van der Waals surface area (Å²) in [7, 11) is 1.48. The summed E-state index contributed by atoms with van der Waals surface area (Å²) in [5.41, 5.74) is 0. The topological polar surface area (TPSA) is 102 Å². The van der Waals surface area contributed by atoms with Gasteiger partial charge in [-0.15, -0.1) is 0 Å². The van der Waals surface area contributed by atoms with Gasteiger partial charge in [0.05, 0.1) is 19.8 Å². The quantitative estimate of drug-likeness (QED) is 0.299. The van der Waals surface area contributed by atoms with Crippen molar-refractivity contribution in [3.63, 3.8) is 0 Å². The predicted molar refractivity (Wildman–Crippen MR) is 70.5 cm³/mol. The second-order valence-corrected chi connectivity index (χ2v) is 4.03. The molecule has 0 aliphatic heterocycles. The molecule has 0 radical (unpaired) electrons. The summed E-state index contributed by atoms with van der Waals surface area (Å²) in [5.74, 6) is -0.188. The van der Waals surface area contributed by atoms with Crippen LogP contribution in [0.3, 0.4) is 0 Å². The van der Waals surface area contributed by atoms with Crippen LogP contribution in [0.15, 0.2) is 0 Å². The molecule has 18 heavy (non-hydrogen) atoms. The molecule has 0 saturated carbocycles. The zero-order valence-corrected chi connectivity index (χ0v) is 11.3. The molecule has 0 rings (SSSR count). The Hall–Kier alpha value is -0.830. The first-order valence-corrected chi connectivity index (χ1v) is 6.28. The number of thiol groups is 1. The molecule has 1 atom stereocenters. The molecule has 0 heterocycles. The fraction of sp³-hybridized carbons (Fsp3) is 0.800. The minimum atomic E-state index is -0.852. The maximum Gasteiger partial charge on any atom is 0.239 e. The first kappa shape index (κ1) is 17.2. The Balaban J connectivity index is 4.58. The highest BCUT2D eigenvalue weighted by molar-refractivity contribution is 7.80. The fourth-order valence-corrected chi connectivity index (χ4v) is 1.51. The van der Waals surface area contributed by atoms with E-state index >= 15 is 0 Å². The molecule has 0 saturated heterocycles. The van der Waals surface area contributed by atoms with Crippen molar-refractivity contribution in [3.05, 3.63) is 0 Å². The third-order valence-electron chi connectivity index (χ3n) is 2.34. The average Bonchev–Trinajstić information content (AvgIpc) is 2.37. The number of amides is 2. The lowest BCUT2D eigenvalue weighted by Gasteiger charge is -2.28. The molecule has 4 N–H and O–H groups in total. The number of carbonyl (C=O) groups is 2. The van der Waals surface area contributed by atoms with Gasteiger partial charge >= 0.3 is 0 Å². The van der Waals surface area contributed by atoms with Crippen LogP contribution in [0.4, 0.5) is 0 Å². The summed E-state index contributed by atoms with van der Waals surface area (Å²) in [4.78, 5) is 24.5. The maximum atomic E-state index is 11.8. The van der Waals surface area contributed by atoms with Crippen molar-refractivity contribution in [1.82, 2.24) is 15.5 Å². The van der Waals surface area contributed by atoms with E-state index < -0.39 is 12.6 Å². The van der Waals surface area contributed by atoms with Crippen LogP contribution in [-0.4, -0.2) is 78.6 Å². The molecule has 1 unspecified atom stereocenters. The van der Waals surface area contributed by atoms with Gasteiger partial charge in [0, 0.05) is 25.9 Å². The Bertz CT molecular complexity index is 266. The van der Waals surface area contributed by atoms with Crippen LogP contribution in [0.2, 0.25) is 0 Å². The number of hydrogen-bond acceptors (Lipinski definition) is 6. The molecule has 8 heteroatoms. The van der Waals surface area contributed by atoms with Crippen molar-refractivity contribution >= 4 is 24.4 Å². The average molecular weight is 279 g/mol. The number of nitrogens with zero attached hydrogens (tertiary/aromatic N) is 1. The number of aliphatic hydroxyl groups excluding tert-OH is 2. The van der Waals surface area contributed by atoms with Crippen molar-refractivity contribution < 1.29 is 19.8 Å². The van der Waals surface area contributed by atoms with E-state index in [0.717, 1.165) is 0 Å². The predicted octanol–water partition coefficient (Wildman–Crippen LogP) is -2.57. The van der Waals surface area contributed by atoms with E-state index in [1.54, 1.807) is 0 Å². The van der Waals surface area contributed by atoms with Crippen LogP contribution in [0, 0.1) is 0 Å². The van der Waals surface area contributed by atoms with E-state index in [1.807, 2.05) is 0 Å². The van der Waals surface area contributed by atoms with E-state index in [0.29, 0.717) is 12.3 Å². The Kier molecular flexibility index (Phi) is 9.66. The van der Waals surface area contributed by atoms with Gasteiger partial charge in [0.2, 0.25) is 11.8 Å². The minimum absolute atomic E-state index is 0.0589. The number of nitrogens with one attached hydrogen (secondary N) is 2.